The number of fused-ring (bicyclic) bond motifs is 3. The Balaban J connectivity index is 1.58. The summed E-state index contributed by atoms with van der Waals surface area (Å²) >= 11 is 0. The lowest BCUT2D eigenvalue weighted by Gasteiger charge is -2.24. The van der Waals surface area contributed by atoms with Crippen molar-refractivity contribution in [3.8, 4) is 33.4 Å². The molecule has 0 saturated heterocycles. The van der Waals surface area contributed by atoms with Gasteiger partial charge in [-0.25, -0.2) is 0 Å². The normalized spacial score (nSPS) is 13.3. The standard InChI is InChI=1S/C38H36/c1-25-13-9-10-16-30(25)31-22-23-32(27(3)26(31)2)36-29(20-19-28-14-7-6-8-15-28)21-24-35-37(36)33-17-11-12-18-34(33)38(35,4)5/h6-18,21-24H,19-20H2,1-5H3. The van der Waals surface area contributed by atoms with Crippen LogP contribution < -0.4 is 0 Å². The van der Waals surface area contributed by atoms with E-state index in [0.717, 1.165) is 12.8 Å². The molecule has 6 rings (SSSR count). The van der Waals surface area contributed by atoms with Crippen molar-refractivity contribution < 1.29 is 0 Å². The van der Waals surface area contributed by atoms with E-state index >= 15 is 0 Å². The number of rotatable bonds is 5. The minimum absolute atomic E-state index is 0.0112. The van der Waals surface area contributed by atoms with Gasteiger partial charge in [0.05, 0.1) is 0 Å². The Morgan fingerprint density at radius 2 is 1.11 bits per heavy atom. The lowest BCUT2D eigenvalue weighted by Crippen LogP contribution is -2.15. The molecule has 0 N–H and O–H groups in total. The van der Waals surface area contributed by atoms with E-state index < -0.39 is 0 Å². The Morgan fingerprint density at radius 1 is 0.474 bits per heavy atom. The van der Waals surface area contributed by atoms with Crippen molar-refractivity contribution in [2.75, 3.05) is 0 Å². The van der Waals surface area contributed by atoms with Crippen LogP contribution in [0.1, 0.15) is 52.8 Å². The second-order valence-corrected chi connectivity index (χ2v) is 11.4. The van der Waals surface area contributed by atoms with Crippen LogP contribution in [0.5, 0.6) is 0 Å². The molecular formula is C38H36. The van der Waals surface area contributed by atoms with E-state index in [0.29, 0.717) is 0 Å². The van der Waals surface area contributed by atoms with Gasteiger partial charge in [0.25, 0.3) is 0 Å². The van der Waals surface area contributed by atoms with Crippen molar-refractivity contribution in [3.63, 3.8) is 0 Å². The summed E-state index contributed by atoms with van der Waals surface area (Å²) in [5.74, 6) is 0. The number of hydrogen-bond acceptors (Lipinski definition) is 0. The second-order valence-electron chi connectivity index (χ2n) is 11.4. The highest BCUT2D eigenvalue weighted by Crippen LogP contribution is 2.53. The molecule has 0 amide bonds. The Morgan fingerprint density at radius 3 is 1.87 bits per heavy atom. The predicted molar refractivity (Wildman–Crippen MR) is 163 cm³/mol. The lowest BCUT2D eigenvalue weighted by molar-refractivity contribution is 0.660. The van der Waals surface area contributed by atoms with E-state index in [1.165, 1.54) is 72.3 Å². The topological polar surface area (TPSA) is 0 Å². The maximum atomic E-state index is 2.41. The fourth-order valence-corrected chi connectivity index (χ4v) is 6.54. The third kappa shape index (κ3) is 3.91. The summed E-state index contributed by atoms with van der Waals surface area (Å²) in [5, 5.41) is 0. The van der Waals surface area contributed by atoms with Crippen LogP contribution in [0.25, 0.3) is 33.4 Å². The highest BCUT2D eigenvalue weighted by atomic mass is 14.4. The Hall–Kier alpha value is -3.90. The van der Waals surface area contributed by atoms with Crippen molar-refractivity contribution in [1.82, 2.24) is 0 Å². The third-order valence-corrected chi connectivity index (χ3v) is 8.85. The molecule has 5 aromatic rings. The van der Waals surface area contributed by atoms with Gasteiger partial charge in [0.1, 0.15) is 0 Å². The first-order chi connectivity index (χ1) is 18.4. The molecule has 0 atom stereocenters. The van der Waals surface area contributed by atoms with Crippen molar-refractivity contribution >= 4 is 0 Å². The van der Waals surface area contributed by atoms with E-state index in [2.05, 4.69) is 138 Å². The maximum absolute atomic E-state index is 2.41. The van der Waals surface area contributed by atoms with Gasteiger partial charge in [-0.1, -0.05) is 117 Å². The van der Waals surface area contributed by atoms with E-state index in [-0.39, 0.29) is 5.41 Å². The molecule has 188 valence electrons. The first kappa shape index (κ1) is 24.4. The fraction of sp³-hybridized carbons (Fsp3) is 0.211. The van der Waals surface area contributed by atoms with Gasteiger partial charge in [-0.05, 0) is 106 Å². The van der Waals surface area contributed by atoms with Crippen LogP contribution in [0.2, 0.25) is 0 Å². The van der Waals surface area contributed by atoms with Gasteiger partial charge in [0.15, 0.2) is 0 Å². The second kappa shape index (κ2) is 9.44. The maximum Gasteiger partial charge on any atom is 0.0159 e. The molecule has 0 heteroatoms. The summed E-state index contributed by atoms with van der Waals surface area (Å²) in [7, 11) is 0. The molecule has 0 radical (unpaired) electrons. The SMILES string of the molecule is Cc1ccccc1-c1ccc(-c2c(CCc3ccccc3)ccc3c2-c2ccccc2C3(C)C)c(C)c1C. The number of aryl methyl sites for hydroxylation is 3. The zero-order valence-electron chi connectivity index (χ0n) is 23.2. The Bertz CT molecular complexity index is 1650. The summed E-state index contributed by atoms with van der Waals surface area (Å²) in [5.41, 5.74) is 18.0. The molecule has 5 aromatic carbocycles. The summed E-state index contributed by atoms with van der Waals surface area (Å²) < 4.78 is 0. The van der Waals surface area contributed by atoms with Gasteiger partial charge in [0, 0.05) is 5.41 Å². The molecule has 1 aliphatic carbocycles. The van der Waals surface area contributed by atoms with Crippen molar-refractivity contribution in [1.29, 1.82) is 0 Å². The molecule has 0 aliphatic heterocycles. The molecule has 0 heterocycles. The van der Waals surface area contributed by atoms with Gasteiger partial charge in [0.2, 0.25) is 0 Å². The fourth-order valence-electron chi connectivity index (χ4n) is 6.54. The summed E-state index contributed by atoms with van der Waals surface area (Å²) in [6, 6.07) is 38.2. The van der Waals surface area contributed by atoms with Crippen LogP contribution in [-0.4, -0.2) is 0 Å². The largest absolute Gasteiger partial charge is 0.0622 e. The van der Waals surface area contributed by atoms with Crippen LogP contribution in [0.15, 0.2) is 103 Å². The van der Waals surface area contributed by atoms with E-state index in [1.54, 1.807) is 0 Å². The number of hydrogen-bond donors (Lipinski definition) is 0. The van der Waals surface area contributed by atoms with Crippen LogP contribution in [-0.2, 0) is 18.3 Å². The summed E-state index contributed by atoms with van der Waals surface area (Å²) in [6.45, 7) is 11.6. The number of benzene rings is 5. The average molecular weight is 493 g/mol. The zero-order chi connectivity index (χ0) is 26.4. The molecule has 1 aliphatic rings. The molecule has 38 heavy (non-hydrogen) atoms. The third-order valence-electron chi connectivity index (χ3n) is 8.85. The van der Waals surface area contributed by atoms with Crippen LogP contribution in [0.4, 0.5) is 0 Å². The van der Waals surface area contributed by atoms with Crippen molar-refractivity contribution in [2.45, 2.75) is 52.9 Å². The highest BCUT2D eigenvalue weighted by molar-refractivity contribution is 5.95. The van der Waals surface area contributed by atoms with Gasteiger partial charge >= 0.3 is 0 Å². The smallest absolute Gasteiger partial charge is 0.0159 e. The summed E-state index contributed by atoms with van der Waals surface area (Å²) in [4.78, 5) is 0. The van der Waals surface area contributed by atoms with Crippen molar-refractivity contribution in [3.05, 3.63) is 142 Å². The molecule has 0 bridgehead atoms. The monoisotopic (exact) mass is 492 g/mol. The Kier molecular flexibility index (Phi) is 6.07. The molecule has 0 fully saturated rings. The quantitative estimate of drug-likeness (QED) is 0.229. The average Bonchev–Trinajstić information content (AvgIpc) is 3.17. The lowest BCUT2D eigenvalue weighted by atomic mass is 9.79. The molecular weight excluding hydrogens is 456 g/mol. The molecule has 0 nitrogen and oxygen atoms in total. The van der Waals surface area contributed by atoms with Gasteiger partial charge in [-0.3, -0.25) is 0 Å². The van der Waals surface area contributed by atoms with E-state index in [4.69, 9.17) is 0 Å². The van der Waals surface area contributed by atoms with Crippen LogP contribution >= 0.6 is 0 Å². The van der Waals surface area contributed by atoms with Crippen molar-refractivity contribution in [2.24, 2.45) is 0 Å². The van der Waals surface area contributed by atoms with Gasteiger partial charge < -0.3 is 0 Å². The summed E-state index contributed by atoms with van der Waals surface area (Å²) in [6.07, 6.45) is 2.06. The Labute approximate surface area is 228 Å². The molecule has 0 saturated carbocycles. The molecule has 0 aromatic heterocycles. The molecule has 0 spiro atoms. The van der Waals surface area contributed by atoms with E-state index in [9.17, 15) is 0 Å². The highest BCUT2D eigenvalue weighted by Gasteiger charge is 2.37. The predicted octanol–water partition coefficient (Wildman–Crippen LogP) is 10.0. The van der Waals surface area contributed by atoms with Crippen LogP contribution in [0, 0.1) is 20.8 Å². The first-order valence-corrected chi connectivity index (χ1v) is 13.8. The van der Waals surface area contributed by atoms with E-state index in [1.807, 2.05) is 0 Å². The van der Waals surface area contributed by atoms with Gasteiger partial charge in [-0.15, -0.1) is 0 Å². The minimum atomic E-state index is -0.0112. The van der Waals surface area contributed by atoms with Gasteiger partial charge in [-0.2, -0.15) is 0 Å². The van der Waals surface area contributed by atoms with Crippen LogP contribution in [0.3, 0.4) is 0 Å². The molecule has 0 unspecified atom stereocenters. The zero-order valence-corrected chi connectivity index (χ0v) is 23.2. The minimum Gasteiger partial charge on any atom is -0.0622 e. The first-order valence-electron chi connectivity index (χ1n) is 13.8.